The number of nitrogens with one attached hydrogen (secondary N) is 2. The minimum absolute atomic E-state index is 0.00331. The number of rotatable bonds is 9. The van der Waals surface area contributed by atoms with E-state index in [-0.39, 0.29) is 19.0 Å². The highest BCUT2D eigenvalue weighted by molar-refractivity contribution is 5.70. The Labute approximate surface area is 215 Å². The normalized spacial score (nSPS) is 16.6. The molecule has 1 unspecified atom stereocenters. The number of aliphatic hydroxyl groups excluding tert-OH is 1. The Kier molecular flexibility index (Phi) is 8.87. The molecule has 8 heteroatoms. The molecule has 1 heterocycles. The number of fused-ring (bicyclic) bond motifs is 1. The molecule has 3 aromatic rings. The van der Waals surface area contributed by atoms with Gasteiger partial charge in [-0.3, -0.25) is 0 Å². The lowest BCUT2D eigenvalue weighted by Gasteiger charge is -2.30. The first-order valence-corrected chi connectivity index (χ1v) is 12.4. The number of carbonyl (C=O) groups is 1. The zero-order valence-corrected chi connectivity index (χ0v) is 20.9. The Bertz CT molecular complexity index is 1190. The molecular formula is C29H32F2N2O4. The predicted octanol–water partition coefficient (Wildman–Crippen LogP) is 5.01. The molecule has 0 saturated carbocycles. The maximum atomic E-state index is 13.8. The van der Waals surface area contributed by atoms with Crippen molar-refractivity contribution in [1.82, 2.24) is 10.6 Å². The van der Waals surface area contributed by atoms with E-state index in [9.17, 15) is 18.7 Å². The monoisotopic (exact) mass is 510 g/mol. The van der Waals surface area contributed by atoms with Crippen molar-refractivity contribution in [3.8, 4) is 5.75 Å². The van der Waals surface area contributed by atoms with Crippen molar-refractivity contribution in [3.05, 3.63) is 101 Å². The van der Waals surface area contributed by atoms with Crippen molar-refractivity contribution in [2.45, 2.75) is 51.0 Å². The number of ether oxygens (including phenoxy) is 2. The molecule has 3 N–H and O–H groups in total. The van der Waals surface area contributed by atoms with Crippen molar-refractivity contribution in [1.29, 1.82) is 0 Å². The fourth-order valence-electron chi connectivity index (χ4n) is 4.42. The summed E-state index contributed by atoms with van der Waals surface area (Å²) in [4.78, 5) is 12.6. The number of halogens is 2. The van der Waals surface area contributed by atoms with Crippen LogP contribution < -0.4 is 15.4 Å². The second-order valence-electron chi connectivity index (χ2n) is 9.59. The zero-order chi connectivity index (χ0) is 26.4. The quantitative estimate of drug-likeness (QED) is 0.377. The minimum Gasteiger partial charge on any atom is -0.410 e. The van der Waals surface area contributed by atoms with E-state index >= 15 is 0 Å². The fourth-order valence-corrected chi connectivity index (χ4v) is 4.42. The number of carbonyl (C=O) groups excluding carboxylic acids is 1. The molecule has 1 aliphatic rings. The lowest BCUT2D eigenvalue weighted by atomic mass is 9.92. The van der Waals surface area contributed by atoms with Gasteiger partial charge in [-0.2, -0.15) is 0 Å². The molecule has 0 saturated heterocycles. The SMILES string of the molecule is CC(C)c1ccc2c(c1)C(NC[C@@H](O)[C@H](Cc1cc(F)cc(F)c1)NC(=O)Oc1ccccc1)COC2. The number of aliphatic hydroxyl groups is 1. The van der Waals surface area contributed by atoms with Gasteiger partial charge in [0.1, 0.15) is 17.4 Å². The zero-order valence-electron chi connectivity index (χ0n) is 20.9. The summed E-state index contributed by atoms with van der Waals surface area (Å²) >= 11 is 0. The van der Waals surface area contributed by atoms with Gasteiger partial charge in [0.2, 0.25) is 0 Å². The van der Waals surface area contributed by atoms with E-state index in [1.165, 1.54) is 17.7 Å². The second kappa shape index (κ2) is 12.3. The summed E-state index contributed by atoms with van der Waals surface area (Å²) in [7, 11) is 0. The van der Waals surface area contributed by atoms with Gasteiger partial charge in [-0.15, -0.1) is 0 Å². The van der Waals surface area contributed by atoms with Crippen LogP contribution in [0.5, 0.6) is 5.75 Å². The molecule has 0 aromatic heterocycles. The summed E-state index contributed by atoms with van der Waals surface area (Å²) in [5.74, 6) is -0.759. The second-order valence-corrected chi connectivity index (χ2v) is 9.59. The number of hydrogen-bond donors (Lipinski definition) is 3. The third-order valence-electron chi connectivity index (χ3n) is 6.43. The van der Waals surface area contributed by atoms with E-state index in [0.29, 0.717) is 30.4 Å². The Hall–Kier alpha value is -3.33. The van der Waals surface area contributed by atoms with Gasteiger partial charge in [0, 0.05) is 12.6 Å². The molecule has 1 aliphatic heterocycles. The third kappa shape index (κ3) is 7.35. The van der Waals surface area contributed by atoms with Crippen LogP contribution in [0.2, 0.25) is 0 Å². The van der Waals surface area contributed by atoms with Gasteiger partial charge in [-0.25, -0.2) is 13.6 Å². The summed E-state index contributed by atoms with van der Waals surface area (Å²) in [5.41, 5.74) is 3.71. The maximum absolute atomic E-state index is 13.8. The summed E-state index contributed by atoms with van der Waals surface area (Å²) < 4.78 is 38.7. The van der Waals surface area contributed by atoms with E-state index in [4.69, 9.17) is 9.47 Å². The molecule has 196 valence electrons. The molecular weight excluding hydrogens is 478 g/mol. The highest BCUT2D eigenvalue weighted by Crippen LogP contribution is 2.28. The van der Waals surface area contributed by atoms with Crippen LogP contribution in [0.15, 0.2) is 66.7 Å². The van der Waals surface area contributed by atoms with Gasteiger partial charge < -0.3 is 25.2 Å². The van der Waals surface area contributed by atoms with Crippen LogP contribution in [-0.2, 0) is 17.8 Å². The average Bonchev–Trinajstić information content (AvgIpc) is 2.86. The minimum atomic E-state index is -1.09. The first-order chi connectivity index (χ1) is 17.8. The van der Waals surface area contributed by atoms with E-state index in [2.05, 4.69) is 42.7 Å². The van der Waals surface area contributed by atoms with Crippen molar-refractivity contribution in [2.75, 3.05) is 13.2 Å². The summed E-state index contributed by atoms with van der Waals surface area (Å²) in [6.45, 7) is 5.33. The fraction of sp³-hybridized carbons (Fsp3) is 0.345. The van der Waals surface area contributed by atoms with E-state index in [0.717, 1.165) is 17.2 Å². The Morgan fingerprint density at radius 3 is 2.51 bits per heavy atom. The number of amides is 1. The molecule has 3 aromatic carbocycles. The van der Waals surface area contributed by atoms with Crippen LogP contribution in [0.1, 0.15) is 48.1 Å². The molecule has 0 fully saturated rings. The van der Waals surface area contributed by atoms with Gasteiger partial charge >= 0.3 is 6.09 Å². The molecule has 3 atom stereocenters. The van der Waals surface area contributed by atoms with Gasteiger partial charge in [0.15, 0.2) is 0 Å². The average molecular weight is 511 g/mol. The first kappa shape index (κ1) is 26.7. The molecule has 0 aliphatic carbocycles. The molecule has 37 heavy (non-hydrogen) atoms. The Morgan fingerprint density at radius 1 is 1.08 bits per heavy atom. The van der Waals surface area contributed by atoms with Crippen molar-refractivity contribution < 1.29 is 28.2 Å². The number of benzene rings is 3. The van der Waals surface area contributed by atoms with E-state index < -0.39 is 29.9 Å². The highest BCUT2D eigenvalue weighted by atomic mass is 19.1. The summed E-state index contributed by atoms with van der Waals surface area (Å²) in [6, 6.07) is 16.9. The third-order valence-corrected chi connectivity index (χ3v) is 6.43. The van der Waals surface area contributed by atoms with Crippen molar-refractivity contribution in [3.63, 3.8) is 0 Å². The van der Waals surface area contributed by atoms with Crippen molar-refractivity contribution in [2.24, 2.45) is 0 Å². The standard InChI is InChI=1S/C29H32F2N2O4/c1-18(2)20-8-9-21-16-36-17-27(25(21)13-20)32-15-28(34)26(12-19-10-22(30)14-23(31)11-19)33-29(35)37-24-6-4-3-5-7-24/h3-11,13-14,18,26-28,32,34H,12,15-17H2,1-2H3,(H,33,35)/t26-,27?,28+/m0/s1. The molecule has 6 nitrogen and oxygen atoms in total. The van der Waals surface area contributed by atoms with Crippen LogP contribution in [-0.4, -0.2) is 36.5 Å². The summed E-state index contributed by atoms with van der Waals surface area (Å²) in [5, 5.41) is 17.1. The molecule has 0 spiro atoms. The van der Waals surface area contributed by atoms with Crippen LogP contribution in [0, 0.1) is 11.6 Å². The lowest BCUT2D eigenvalue weighted by molar-refractivity contribution is 0.0699. The highest BCUT2D eigenvalue weighted by Gasteiger charge is 2.27. The van der Waals surface area contributed by atoms with E-state index in [1.54, 1.807) is 30.3 Å². The first-order valence-electron chi connectivity index (χ1n) is 12.4. The van der Waals surface area contributed by atoms with Gasteiger partial charge in [-0.1, -0.05) is 50.2 Å². The van der Waals surface area contributed by atoms with Gasteiger partial charge in [0.25, 0.3) is 0 Å². The summed E-state index contributed by atoms with van der Waals surface area (Å²) in [6.07, 6.45) is -1.87. The van der Waals surface area contributed by atoms with Gasteiger partial charge in [0.05, 0.1) is 31.4 Å². The number of para-hydroxylation sites is 1. The largest absolute Gasteiger partial charge is 0.412 e. The van der Waals surface area contributed by atoms with Crippen molar-refractivity contribution >= 4 is 6.09 Å². The van der Waals surface area contributed by atoms with Crippen LogP contribution in [0.4, 0.5) is 13.6 Å². The van der Waals surface area contributed by atoms with Crippen LogP contribution >= 0.6 is 0 Å². The molecule has 0 radical (unpaired) electrons. The smallest absolute Gasteiger partial charge is 0.410 e. The topological polar surface area (TPSA) is 79.8 Å². The number of hydrogen-bond acceptors (Lipinski definition) is 5. The molecule has 0 bridgehead atoms. The Morgan fingerprint density at radius 2 is 1.81 bits per heavy atom. The van der Waals surface area contributed by atoms with E-state index in [1.807, 2.05) is 0 Å². The van der Waals surface area contributed by atoms with Crippen LogP contribution in [0.3, 0.4) is 0 Å². The lowest BCUT2D eigenvalue weighted by Crippen LogP contribution is -2.50. The predicted molar refractivity (Wildman–Crippen MR) is 136 cm³/mol. The molecule has 1 amide bonds. The van der Waals surface area contributed by atoms with Crippen LogP contribution in [0.25, 0.3) is 0 Å². The Balaban J connectivity index is 1.48. The molecule has 4 rings (SSSR count). The maximum Gasteiger partial charge on any atom is 0.412 e. The van der Waals surface area contributed by atoms with Gasteiger partial charge in [-0.05, 0) is 58.9 Å².